The molecule has 0 aliphatic rings. The number of benzene rings is 1. The van der Waals surface area contributed by atoms with Gasteiger partial charge < -0.3 is 10.6 Å². The monoisotopic (exact) mass is 322 g/mol. The Bertz CT molecular complexity index is 572. The first-order valence-corrected chi connectivity index (χ1v) is 7.17. The van der Waals surface area contributed by atoms with E-state index in [1.165, 1.54) is 0 Å². The molecule has 1 rings (SSSR count). The number of hydrazine groups is 1. The van der Waals surface area contributed by atoms with Crippen molar-refractivity contribution in [2.75, 3.05) is 5.32 Å². The normalized spacial score (nSPS) is 9.55. The molecule has 0 fully saturated rings. The summed E-state index contributed by atoms with van der Waals surface area (Å²) in [5, 5.41) is 5.09. The summed E-state index contributed by atoms with van der Waals surface area (Å²) in [6, 6.07) is 6.38. The van der Waals surface area contributed by atoms with E-state index in [1.807, 2.05) is 0 Å². The first-order chi connectivity index (χ1) is 10.5. The van der Waals surface area contributed by atoms with E-state index >= 15 is 0 Å². The van der Waals surface area contributed by atoms with Crippen LogP contribution in [0.1, 0.15) is 37.0 Å². The van der Waals surface area contributed by atoms with Gasteiger partial charge in [0.1, 0.15) is 0 Å². The van der Waals surface area contributed by atoms with Crippen LogP contribution in [0.4, 0.5) is 5.69 Å². The molecule has 7 nitrogen and oxygen atoms in total. The van der Waals surface area contributed by atoms with Crippen LogP contribution in [-0.2, 0) is 9.59 Å². The maximum atomic E-state index is 11.9. The zero-order valence-electron chi connectivity index (χ0n) is 12.4. The van der Waals surface area contributed by atoms with Crippen LogP contribution < -0.4 is 21.5 Å². The van der Waals surface area contributed by atoms with Crippen LogP contribution in [0, 0.1) is 0 Å². The predicted molar refractivity (Wildman–Crippen MR) is 87.0 cm³/mol. The topological polar surface area (TPSA) is 99.3 Å². The number of anilines is 1. The van der Waals surface area contributed by atoms with Gasteiger partial charge in [0.05, 0.1) is 0 Å². The number of thiocarbonyl (C=S) groups is 1. The fraction of sp³-hybridized carbons (Fsp3) is 0.286. The summed E-state index contributed by atoms with van der Waals surface area (Å²) in [7, 11) is 0. The quantitative estimate of drug-likeness (QED) is 0.491. The van der Waals surface area contributed by atoms with Crippen molar-refractivity contribution in [3.63, 3.8) is 0 Å². The predicted octanol–water partition coefficient (Wildman–Crippen LogP) is 1.08. The lowest BCUT2D eigenvalue weighted by Crippen LogP contribution is -2.48. The smallest absolute Gasteiger partial charge is 0.269 e. The van der Waals surface area contributed by atoms with E-state index in [0.29, 0.717) is 24.1 Å². The lowest BCUT2D eigenvalue weighted by molar-refractivity contribution is -0.119. The van der Waals surface area contributed by atoms with Crippen molar-refractivity contribution in [2.45, 2.75) is 26.7 Å². The average molecular weight is 322 g/mol. The molecule has 8 heteroatoms. The van der Waals surface area contributed by atoms with Crippen LogP contribution in [0.5, 0.6) is 0 Å². The van der Waals surface area contributed by atoms with Gasteiger partial charge in [-0.15, -0.1) is 0 Å². The van der Waals surface area contributed by atoms with Gasteiger partial charge in [-0.25, -0.2) is 0 Å². The van der Waals surface area contributed by atoms with Crippen molar-refractivity contribution in [3.05, 3.63) is 29.8 Å². The summed E-state index contributed by atoms with van der Waals surface area (Å²) in [4.78, 5) is 34.2. The first kappa shape index (κ1) is 17.6. The molecule has 0 saturated carbocycles. The Morgan fingerprint density at radius 3 is 2.09 bits per heavy atom. The third-order valence-corrected chi connectivity index (χ3v) is 2.82. The van der Waals surface area contributed by atoms with E-state index in [4.69, 9.17) is 12.2 Å². The second-order valence-corrected chi connectivity index (χ2v) is 4.70. The van der Waals surface area contributed by atoms with Crippen molar-refractivity contribution in [3.8, 4) is 0 Å². The van der Waals surface area contributed by atoms with Crippen LogP contribution in [0.3, 0.4) is 0 Å². The zero-order valence-corrected chi connectivity index (χ0v) is 13.2. The molecule has 0 saturated heterocycles. The van der Waals surface area contributed by atoms with Gasteiger partial charge in [-0.05, 0) is 36.5 Å². The number of hydrogen-bond acceptors (Lipinski definition) is 4. The molecular formula is C14H18N4O3S. The maximum Gasteiger partial charge on any atom is 0.269 e. The minimum atomic E-state index is -0.415. The van der Waals surface area contributed by atoms with Crippen molar-refractivity contribution >= 4 is 40.7 Å². The molecule has 118 valence electrons. The molecule has 0 atom stereocenters. The molecule has 0 aliphatic heterocycles. The Morgan fingerprint density at radius 1 is 0.955 bits per heavy atom. The van der Waals surface area contributed by atoms with Crippen LogP contribution in [0.25, 0.3) is 0 Å². The Balaban J connectivity index is 2.50. The Morgan fingerprint density at radius 2 is 1.55 bits per heavy atom. The fourth-order valence-corrected chi connectivity index (χ4v) is 1.55. The summed E-state index contributed by atoms with van der Waals surface area (Å²) in [5.74, 6) is -0.764. The van der Waals surface area contributed by atoms with Gasteiger partial charge in [0.2, 0.25) is 11.8 Å². The van der Waals surface area contributed by atoms with Crippen molar-refractivity contribution < 1.29 is 14.4 Å². The van der Waals surface area contributed by atoms with Gasteiger partial charge in [0, 0.05) is 24.1 Å². The number of nitrogens with one attached hydrogen (secondary N) is 4. The first-order valence-electron chi connectivity index (χ1n) is 6.76. The molecule has 0 unspecified atom stereocenters. The van der Waals surface area contributed by atoms with E-state index < -0.39 is 5.91 Å². The lowest BCUT2D eigenvalue weighted by Gasteiger charge is -2.10. The maximum absolute atomic E-state index is 11.9. The number of rotatable bonds is 4. The van der Waals surface area contributed by atoms with E-state index in [0.717, 1.165) is 0 Å². The Labute approximate surface area is 133 Å². The average Bonchev–Trinajstić information content (AvgIpc) is 2.52. The summed E-state index contributed by atoms with van der Waals surface area (Å²) in [6.07, 6.45) is 0.674. The molecule has 1 aromatic carbocycles. The van der Waals surface area contributed by atoms with Gasteiger partial charge in [0.15, 0.2) is 5.11 Å². The van der Waals surface area contributed by atoms with E-state index in [1.54, 1.807) is 38.1 Å². The molecule has 0 aliphatic carbocycles. The highest BCUT2D eigenvalue weighted by molar-refractivity contribution is 7.80. The second kappa shape index (κ2) is 8.73. The molecular weight excluding hydrogens is 304 g/mol. The lowest BCUT2D eigenvalue weighted by atomic mass is 10.2. The van der Waals surface area contributed by atoms with Gasteiger partial charge in [-0.3, -0.25) is 25.2 Å². The molecule has 0 aromatic heterocycles. The standard InChI is InChI=1S/C14H18N4O3S/c1-3-11(19)15-10-7-5-9(6-8-10)13(21)17-18-14(22)16-12(20)4-2/h5-8H,3-4H2,1-2H3,(H,15,19)(H,17,21)(H2,16,18,20,22). The summed E-state index contributed by atoms with van der Waals surface area (Å²) in [6.45, 7) is 3.44. The molecule has 22 heavy (non-hydrogen) atoms. The second-order valence-electron chi connectivity index (χ2n) is 4.29. The van der Waals surface area contributed by atoms with Gasteiger partial charge >= 0.3 is 0 Å². The van der Waals surface area contributed by atoms with Gasteiger partial charge in [-0.1, -0.05) is 13.8 Å². The summed E-state index contributed by atoms with van der Waals surface area (Å²) < 4.78 is 0. The van der Waals surface area contributed by atoms with Gasteiger partial charge in [0.25, 0.3) is 5.91 Å². The van der Waals surface area contributed by atoms with Crippen molar-refractivity contribution in [1.82, 2.24) is 16.2 Å². The molecule has 0 heterocycles. The molecule has 0 spiro atoms. The molecule has 0 radical (unpaired) electrons. The highest BCUT2D eigenvalue weighted by atomic mass is 32.1. The van der Waals surface area contributed by atoms with Crippen LogP contribution in [0.2, 0.25) is 0 Å². The molecule has 0 bridgehead atoms. The van der Waals surface area contributed by atoms with Crippen LogP contribution >= 0.6 is 12.2 Å². The fourth-order valence-electron chi connectivity index (χ4n) is 1.39. The highest BCUT2D eigenvalue weighted by Crippen LogP contribution is 2.09. The van der Waals surface area contributed by atoms with Crippen molar-refractivity contribution in [2.24, 2.45) is 0 Å². The minimum absolute atomic E-state index is 0.0204. The number of carbonyl (C=O) groups excluding carboxylic acids is 3. The summed E-state index contributed by atoms with van der Waals surface area (Å²) in [5.41, 5.74) is 5.79. The molecule has 3 amide bonds. The van der Waals surface area contributed by atoms with Crippen molar-refractivity contribution in [1.29, 1.82) is 0 Å². The largest absolute Gasteiger partial charge is 0.326 e. The third-order valence-electron chi connectivity index (χ3n) is 2.62. The zero-order chi connectivity index (χ0) is 16.5. The van der Waals surface area contributed by atoms with E-state index in [2.05, 4.69) is 21.5 Å². The summed E-state index contributed by atoms with van der Waals surface area (Å²) >= 11 is 4.84. The minimum Gasteiger partial charge on any atom is -0.326 e. The number of hydrogen-bond donors (Lipinski definition) is 4. The number of amides is 3. The highest BCUT2D eigenvalue weighted by Gasteiger charge is 2.07. The number of carbonyl (C=O) groups is 3. The van der Waals surface area contributed by atoms with Crippen LogP contribution in [-0.4, -0.2) is 22.8 Å². The Hall–Kier alpha value is -2.48. The SMILES string of the molecule is CCC(=O)NC(=S)NNC(=O)c1ccc(NC(=O)CC)cc1. The Kier molecular flexibility index (Phi) is 6.97. The van der Waals surface area contributed by atoms with E-state index in [9.17, 15) is 14.4 Å². The third kappa shape index (κ3) is 5.88. The van der Waals surface area contributed by atoms with Gasteiger partial charge in [-0.2, -0.15) is 0 Å². The molecule has 1 aromatic rings. The van der Waals surface area contributed by atoms with Crippen LogP contribution in [0.15, 0.2) is 24.3 Å². The molecule has 4 N–H and O–H groups in total. The van der Waals surface area contributed by atoms with E-state index in [-0.39, 0.29) is 16.9 Å².